The molecule has 0 heterocycles. The van der Waals surface area contributed by atoms with Gasteiger partial charge >= 0.3 is 8.56 Å². The summed E-state index contributed by atoms with van der Waals surface area (Å²) in [4.78, 5) is 0. The molecule has 0 amide bonds. The molecule has 1 atom stereocenters. The molecule has 11 heavy (non-hydrogen) atoms. The zero-order valence-electron chi connectivity index (χ0n) is 8.01. The summed E-state index contributed by atoms with van der Waals surface area (Å²) >= 11 is 0. The van der Waals surface area contributed by atoms with Crippen molar-refractivity contribution in [2.75, 3.05) is 20.8 Å². The van der Waals surface area contributed by atoms with Crippen LogP contribution >= 0.6 is 0 Å². The number of hydrogen-bond acceptors (Lipinski definition) is 3. The largest absolute Gasteiger partial charge is 0.396 e. The minimum atomic E-state index is -2.04. The molecule has 0 saturated heterocycles. The lowest BCUT2D eigenvalue weighted by Crippen LogP contribution is -2.49. The Kier molecular flexibility index (Phi) is 4.91. The Hall–Kier alpha value is 0.0969. The average Bonchev–Trinajstić information content (AvgIpc) is 2.03. The minimum Gasteiger partial charge on any atom is -0.396 e. The van der Waals surface area contributed by atoms with E-state index in [0.717, 1.165) is 0 Å². The van der Waals surface area contributed by atoms with Crippen LogP contribution in [-0.2, 0) is 13.6 Å². The maximum Gasteiger partial charge on any atom is 0.364 e. The molecule has 0 spiro atoms. The van der Waals surface area contributed by atoms with Gasteiger partial charge in [0.25, 0.3) is 0 Å². The Morgan fingerprint density at radius 3 is 2.00 bits per heavy atom. The molecule has 1 unspecified atom stereocenters. The molecule has 0 aliphatic carbocycles. The molecule has 0 bridgehead atoms. The van der Waals surface area contributed by atoms with Gasteiger partial charge in [-0.25, -0.2) is 0 Å². The zero-order valence-corrected chi connectivity index (χ0v) is 9.01. The monoisotopic (exact) mass is 178 g/mol. The summed E-state index contributed by atoms with van der Waals surface area (Å²) in [6.45, 7) is 6.66. The second kappa shape index (κ2) is 4.87. The maximum absolute atomic E-state index is 5.40. The highest BCUT2D eigenvalue weighted by atomic mass is 28.4. The van der Waals surface area contributed by atoms with Crippen molar-refractivity contribution in [3.63, 3.8) is 0 Å². The van der Waals surface area contributed by atoms with Crippen LogP contribution in [0.1, 0.15) is 13.8 Å². The zero-order chi connectivity index (χ0) is 8.91. The van der Waals surface area contributed by atoms with Gasteiger partial charge in [0.15, 0.2) is 0 Å². The van der Waals surface area contributed by atoms with Gasteiger partial charge < -0.3 is 13.6 Å². The van der Waals surface area contributed by atoms with Gasteiger partial charge in [-0.3, -0.25) is 0 Å². The molecule has 0 rings (SSSR count). The van der Waals surface area contributed by atoms with E-state index in [0.29, 0.717) is 6.61 Å². The average molecular weight is 178 g/mol. The first-order valence-corrected chi connectivity index (χ1v) is 6.22. The summed E-state index contributed by atoms with van der Waals surface area (Å²) in [5, 5.41) is 0. The lowest BCUT2D eigenvalue weighted by Gasteiger charge is -2.28. The third-order valence-corrected chi connectivity index (χ3v) is 5.23. The van der Waals surface area contributed by atoms with Crippen molar-refractivity contribution < 1.29 is 13.6 Å². The standard InChI is InChI=1S/C7H18O3Si/c1-6-10-7(2)11(5,8-3)9-4/h7H,6H2,1-5H3. The van der Waals surface area contributed by atoms with Crippen LogP contribution in [0.2, 0.25) is 6.55 Å². The SMILES string of the molecule is CCOC(C)[Si](C)(OC)OC. The topological polar surface area (TPSA) is 27.7 Å². The fourth-order valence-electron chi connectivity index (χ4n) is 0.817. The van der Waals surface area contributed by atoms with E-state index >= 15 is 0 Å². The molecule has 0 aliphatic heterocycles. The Balaban J connectivity index is 4.00. The highest BCUT2D eigenvalue weighted by molar-refractivity contribution is 6.67. The molecular weight excluding hydrogens is 160 g/mol. The Morgan fingerprint density at radius 1 is 1.27 bits per heavy atom. The lowest BCUT2D eigenvalue weighted by atomic mass is 10.8. The Bertz CT molecular complexity index is 104. The Morgan fingerprint density at radius 2 is 1.73 bits per heavy atom. The summed E-state index contributed by atoms with van der Waals surface area (Å²) in [5.41, 5.74) is 0.0856. The fourth-order valence-corrected chi connectivity index (χ4v) is 2.12. The van der Waals surface area contributed by atoms with E-state index in [1.54, 1.807) is 14.2 Å². The van der Waals surface area contributed by atoms with Crippen LogP contribution in [0.25, 0.3) is 0 Å². The molecule has 0 radical (unpaired) electrons. The van der Waals surface area contributed by atoms with E-state index in [-0.39, 0.29) is 5.73 Å². The minimum absolute atomic E-state index is 0.0856. The first kappa shape index (κ1) is 11.1. The van der Waals surface area contributed by atoms with E-state index in [4.69, 9.17) is 13.6 Å². The van der Waals surface area contributed by atoms with Crippen LogP contribution in [0, 0.1) is 0 Å². The molecule has 0 aromatic carbocycles. The number of ether oxygens (including phenoxy) is 1. The number of hydrogen-bond donors (Lipinski definition) is 0. The van der Waals surface area contributed by atoms with Gasteiger partial charge in [-0.15, -0.1) is 0 Å². The fraction of sp³-hybridized carbons (Fsp3) is 1.00. The summed E-state index contributed by atoms with van der Waals surface area (Å²) in [5.74, 6) is 0. The Labute approximate surface area is 69.9 Å². The second-order valence-corrected chi connectivity index (χ2v) is 6.18. The van der Waals surface area contributed by atoms with Gasteiger partial charge in [0.1, 0.15) is 0 Å². The predicted octanol–water partition coefficient (Wildman–Crippen LogP) is 1.32. The van der Waals surface area contributed by atoms with Crippen molar-refractivity contribution in [2.45, 2.75) is 26.1 Å². The normalized spacial score (nSPS) is 15.0. The quantitative estimate of drug-likeness (QED) is 0.594. The third-order valence-electron chi connectivity index (χ3n) is 1.97. The van der Waals surface area contributed by atoms with E-state index < -0.39 is 8.56 Å². The van der Waals surface area contributed by atoms with Crippen LogP contribution < -0.4 is 0 Å². The maximum atomic E-state index is 5.40. The van der Waals surface area contributed by atoms with E-state index in [1.807, 2.05) is 20.4 Å². The van der Waals surface area contributed by atoms with Crippen LogP contribution in [0.15, 0.2) is 0 Å². The van der Waals surface area contributed by atoms with Gasteiger partial charge in [-0.2, -0.15) is 0 Å². The van der Waals surface area contributed by atoms with Crippen molar-refractivity contribution in [3.05, 3.63) is 0 Å². The van der Waals surface area contributed by atoms with E-state index in [9.17, 15) is 0 Å². The molecule has 0 aliphatic rings. The molecule has 0 aromatic heterocycles. The van der Waals surface area contributed by atoms with Crippen LogP contribution in [0.3, 0.4) is 0 Å². The highest BCUT2D eigenvalue weighted by Gasteiger charge is 2.36. The molecule has 0 N–H and O–H groups in total. The van der Waals surface area contributed by atoms with Gasteiger partial charge in [-0.05, 0) is 20.4 Å². The number of rotatable bonds is 5. The summed E-state index contributed by atoms with van der Waals surface area (Å²) in [6, 6.07) is 0. The molecule has 0 aromatic rings. The summed E-state index contributed by atoms with van der Waals surface area (Å²) in [7, 11) is 1.30. The van der Waals surface area contributed by atoms with Crippen molar-refractivity contribution in [1.82, 2.24) is 0 Å². The van der Waals surface area contributed by atoms with E-state index in [1.165, 1.54) is 0 Å². The molecule has 3 nitrogen and oxygen atoms in total. The molecular formula is C7H18O3Si. The molecule has 68 valence electrons. The van der Waals surface area contributed by atoms with Gasteiger partial charge in [0, 0.05) is 20.8 Å². The predicted molar refractivity (Wildman–Crippen MR) is 46.7 cm³/mol. The summed E-state index contributed by atoms with van der Waals surface area (Å²) < 4.78 is 16.0. The first-order chi connectivity index (χ1) is 5.10. The van der Waals surface area contributed by atoms with Gasteiger partial charge in [0.2, 0.25) is 0 Å². The molecule has 0 saturated carbocycles. The van der Waals surface area contributed by atoms with Crippen molar-refractivity contribution in [2.24, 2.45) is 0 Å². The van der Waals surface area contributed by atoms with Gasteiger partial charge in [-0.1, -0.05) is 0 Å². The van der Waals surface area contributed by atoms with Crippen molar-refractivity contribution in [1.29, 1.82) is 0 Å². The second-order valence-electron chi connectivity index (χ2n) is 2.52. The highest BCUT2D eigenvalue weighted by Crippen LogP contribution is 2.12. The summed E-state index contributed by atoms with van der Waals surface area (Å²) in [6.07, 6.45) is 0. The van der Waals surface area contributed by atoms with Crippen LogP contribution in [0.5, 0.6) is 0 Å². The van der Waals surface area contributed by atoms with Crippen molar-refractivity contribution >= 4 is 8.56 Å². The van der Waals surface area contributed by atoms with Crippen LogP contribution in [-0.4, -0.2) is 35.1 Å². The van der Waals surface area contributed by atoms with Gasteiger partial charge in [0.05, 0.1) is 5.73 Å². The van der Waals surface area contributed by atoms with Crippen molar-refractivity contribution in [3.8, 4) is 0 Å². The van der Waals surface area contributed by atoms with Crippen LogP contribution in [0.4, 0.5) is 0 Å². The smallest absolute Gasteiger partial charge is 0.364 e. The third kappa shape index (κ3) is 2.90. The molecule has 4 heteroatoms. The molecule has 0 fully saturated rings. The lowest BCUT2D eigenvalue weighted by molar-refractivity contribution is 0.0791. The first-order valence-electron chi connectivity index (χ1n) is 3.82. The van der Waals surface area contributed by atoms with E-state index in [2.05, 4.69) is 0 Å².